The Morgan fingerprint density at radius 2 is 1.95 bits per heavy atom. The largest absolute Gasteiger partial charge is 0.370 e. The maximum atomic E-state index is 4.76. The minimum atomic E-state index is 0.459. The zero-order chi connectivity index (χ0) is 14.5. The maximum absolute atomic E-state index is 4.76. The van der Waals surface area contributed by atoms with Gasteiger partial charge in [-0.25, -0.2) is 9.97 Å². The first-order chi connectivity index (χ1) is 9.61. The van der Waals surface area contributed by atoms with Crippen LogP contribution in [0.25, 0.3) is 0 Å². The number of aryl methyl sites for hydroxylation is 1. The topological polar surface area (TPSA) is 37.8 Å². The fraction of sp³-hybridized carbons (Fsp3) is 0.750. The highest BCUT2D eigenvalue weighted by atomic mass is 32.2. The molecule has 0 bridgehead atoms. The number of aromatic nitrogens is 2. The fourth-order valence-electron chi connectivity index (χ4n) is 2.94. The van der Waals surface area contributed by atoms with Gasteiger partial charge in [-0.05, 0) is 32.6 Å². The van der Waals surface area contributed by atoms with Gasteiger partial charge in [0.25, 0.3) is 0 Å². The van der Waals surface area contributed by atoms with Gasteiger partial charge in [0.1, 0.15) is 11.6 Å². The van der Waals surface area contributed by atoms with Crippen molar-refractivity contribution in [3.05, 3.63) is 17.1 Å². The van der Waals surface area contributed by atoms with Crippen LogP contribution < -0.4 is 5.32 Å². The molecule has 0 amide bonds. The van der Waals surface area contributed by atoms with Gasteiger partial charge in [0, 0.05) is 23.1 Å². The minimum Gasteiger partial charge on any atom is -0.370 e. The molecule has 2 rings (SSSR count). The third-order valence-electron chi connectivity index (χ3n) is 3.85. The molecule has 1 aliphatic rings. The predicted octanol–water partition coefficient (Wildman–Crippen LogP) is 4.52. The van der Waals surface area contributed by atoms with Crippen LogP contribution >= 0.6 is 11.8 Å². The summed E-state index contributed by atoms with van der Waals surface area (Å²) in [6.07, 6.45) is 5.53. The summed E-state index contributed by atoms with van der Waals surface area (Å²) in [5.41, 5.74) is 2.40. The summed E-state index contributed by atoms with van der Waals surface area (Å²) in [6.45, 7) is 9.56. The van der Waals surface area contributed by atoms with Crippen molar-refractivity contribution in [2.75, 3.05) is 11.9 Å². The highest BCUT2D eigenvalue weighted by molar-refractivity contribution is 7.99. The number of anilines is 1. The quantitative estimate of drug-likeness (QED) is 0.837. The Bertz CT molecular complexity index is 440. The molecule has 20 heavy (non-hydrogen) atoms. The first-order valence-electron chi connectivity index (χ1n) is 7.84. The Morgan fingerprint density at radius 3 is 2.55 bits per heavy atom. The van der Waals surface area contributed by atoms with E-state index < -0.39 is 0 Å². The molecule has 0 aromatic carbocycles. The smallest absolute Gasteiger partial charge is 0.140 e. The molecular weight excluding hydrogens is 266 g/mol. The van der Waals surface area contributed by atoms with Crippen LogP contribution in [0.3, 0.4) is 0 Å². The monoisotopic (exact) mass is 293 g/mol. The summed E-state index contributed by atoms with van der Waals surface area (Å²) in [5.74, 6) is 3.43. The van der Waals surface area contributed by atoms with E-state index in [1.165, 1.54) is 31.2 Å². The van der Waals surface area contributed by atoms with E-state index in [2.05, 4.69) is 33.0 Å². The summed E-state index contributed by atoms with van der Waals surface area (Å²) >= 11 is 2.03. The second kappa shape index (κ2) is 7.30. The molecule has 1 fully saturated rings. The predicted molar refractivity (Wildman–Crippen MR) is 88.6 cm³/mol. The van der Waals surface area contributed by atoms with E-state index >= 15 is 0 Å². The van der Waals surface area contributed by atoms with Gasteiger partial charge in [0.15, 0.2) is 0 Å². The number of nitrogens with zero attached hydrogens (tertiary/aromatic N) is 2. The van der Waals surface area contributed by atoms with Gasteiger partial charge < -0.3 is 5.32 Å². The lowest BCUT2D eigenvalue weighted by molar-refractivity contribution is 0.817. The lowest BCUT2D eigenvalue weighted by Crippen LogP contribution is -2.11. The molecule has 0 radical (unpaired) electrons. The van der Waals surface area contributed by atoms with Gasteiger partial charge in [-0.2, -0.15) is 11.8 Å². The molecule has 0 aliphatic heterocycles. The number of hydrogen-bond acceptors (Lipinski definition) is 4. The molecule has 1 heterocycles. The standard InChI is InChI=1S/C16H27N3S/c1-5-17-16-15(11(2)3)12(4)18-14(19-16)10-20-13-8-6-7-9-13/h11,13H,5-10H2,1-4H3,(H,17,18,19). The molecule has 1 N–H and O–H groups in total. The summed E-state index contributed by atoms with van der Waals surface area (Å²) in [4.78, 5) is 9.49. The number of thioether (sulfide) groups is 1. The van der Waals surface area contributed by atoms with Gasteiger partial charge in [-0.15, -0.1) is 0 Å². The van der Waals surface area contributed by atoms with E-state index in [9.17, 15) is 0 Å². The molecule has 4 heteroatoms. The summed E-state index contributed by atoms with van der Waals surface area (Å²) in [5, 5.41) is 4.23. The molecule has 1 saturated carbocycles. The van der Waals surface area contributed by atoms with Crippen molar-refractivity contribution in [2.45, 2.75) is 70.3 Å². The van der Waals surface area contributed by atoms with Crippen molar-refractivity contribution in [1.82, 2.24) is 9.97 Å². The van der Waals surface area contributed by atoms with Gasteiger partial charge in [-0.3, -0.25) is 0 Å². The van der Waals surface area contributed by atoms with Crippen molar-refractivity contribution >= 4 is 17.6 Å². The van der Waals surface area contributed by atoms with Crippen molar-refractivity contribution < 1.29 is 0 Å². The van der Waals surface area contributed by atoms with Crippen LogP contribution in [0, 0.1) is 6.92 Å². The van der Waals surface area contributed by atoms with E-state index in [1.807, 2.05) is 11.8 Å². The van der Waals surface area contributed by atoms with Crippen LogP contribution in [0.1, 0.15) is 69.5 Å². The van der Waals surface area contributed by atoms with E-state index in [1.54, 1.807) is 0 Å². The molecule has 112 valence electrons. The van der Waals surface area contributed by atoms with Crippen molar-refractivity contribution in [3.63, 3.8) is 0 Å². The van der Waals surface area contributed by atoms with E-state index in [4.69, 9.17) is 9.97 Å². The summed E-state index contributed by atoms with van der Waals surface area (Å²) in [6, 6.07) is 0. The normalized spacial score (nSPS) is 16.1. The third kappa shape index (κ3) is 3.87. The molecule has 0 atom stereocenters. The lowest BCUT2D eigenvalue weighted by atomic mass is 10.0. The average molecular weight is 293 g/mol. The van der Waals surface area contributed by atoms with Gasteiger partial charge in [-0.1, -0.05) is 26.7 Å². The highest BCUT2D eigenvalue weighted by Crippen LogP contribution is 2.32. The van der Waals surface area contributed by atoms with Crippen molar-refractivity contribution in [1.29, 1.82) is 0 Å². The zero-order valence-electron chi connectivity index (χ0n) is 13.2. The van der Waals surface area contributed by atoms with Crippen LogP contribution in [-0.4, -0.2) is 21.8 Å². The second-order valence-corrected chi connectivity index (χ2v) is 7.18. The van der Waals surface area contributed by atoms with Gasteiger partial charge in [0.05, 0.1) is 5.75 Å². The second-order valence-electron chi connectivity index (χ2n) is 5.89. The number of hydrogen-bond donors (Lipinski definition) is 1. The Labute approximate surface area is 127 Å². The summed E-state index contributed by atoms with van der Waals surface area (Å²) in [7, 11) is 0. The molecular formula is C16H27N3S. The Kier molecular flexibility index (Phi) is 5.70. The van der Waals surface area contributed by atoms with E-state index in [-0.39, 0.29) is 0 Å². The molecule has 0 unspecified atom stereocenters. The first-order valence-corrected chi connectivity index (χ1v) is 8.89. The molecule has 0 saturated heterocycles. The fourth-order valence-corrected chi connectivity index (χ4v) is 4.13. The first kappa shape index (κ1) is 15.6. The van der Waals surface area contributed by atoms with Crippen LogP contribution in [0.15, 0.2) is 0 Å². The van der Waals surface area contributed by atoms with Crippen LogP contribution in [0.5, 0.6) is 0 Å². The number of rotatable bonds is 6. The van der Waals surface area contributed by atoms with Crippen LogP contribution in [0.2, 0.25) is 0 Å². The van der Waals surface area contributed by atoms with Crippen LogP contribution in [-0.2, 0) is 5.75 Å². The third-order valence-corrected chi connectivity index (χ3v) is 5.22. The molecule has 1 aliphatic carbocycles. The highest BCUT2D eigenvalue weighted by Gasteiger charge is 2.18. The molecule has 0 spiro atoms. The van der Waals surface area contributed by atoms with E-state index in [0.29, 0.717) is 5.92 Å². The Hall–Kier alpha value is -0.770. The minimum absolute atomic E-state index is 0.459. The summed E-state index contributed by atoms with van der Waals surface area (Å²) < 4.78 is 0. The zero-order valence-corrected chi connectivity index (χ0v) is 14.0. The Balaban J connectivity index is 2.12. The average Bonchev–Trinajstić information content (AvgIpc) is 2.89. The SMILES string of the molecule is CCNc1nc(CSC2CCCC2)nc(C)c1C(C)C. The molecule has 3 nitrogen and oxygen atoms in total. The van der Waals surface area contributed by atoms with Crippen molar-refractivity contribution in [3.8, 4) is 0 Å². The Morgan fingerprint density at radius 1 is 1.25 bits per heavy atom. The maximum Gasteiger partial charge on any atom is 0.140 e. The lowest BCUT2D eigenvalue weighted by Gasteiger charge is -2.17. The van der Waals surface area contributed by atoms with Gasteiger partial charge >= 0.3 is 0 Å². The molecule has 1 aromatic rings. The van der Waals surface area contributed by atoms with Crippen LogP contribution in [0.4, 0.5) is 5.82 Å². The van der Waals surface area contributed by atoms with Gasteiger partial charge in [0.2, 0.25) is 0 Å². The number of nitrogens with one attached hydrogen (secondary N) is 1. The van der Waals surface area contributed by atoms with Crippen molar-refractivity contribution in [2.24, 2.45) is 0 Å². The van der Waals surface area contributed by atoms with E-state index in [0.717, 1.165) is 34.9 Å². The molecule has 1 aromatic heterocycles.